The highest BCUT2D eigenvalue weighted by molar-refractivity contribution is 5.77. The number of benzene rings is 2. The molecule has 0 fully saturated rings. The average Bonchev–Trinajstić information content (AvgIpc) is 2.48. The Kier molecular flexibility index (Phi) is 4.41. The summed E-state index contributed by atoms with van der Waals surface area (Å²) in [6.07, 6.45) is 2.41. The van der Waals surface area contributed by atoms with E-state index in [0.29, 0.717) is 12.2 Å². The smallest absolute Gasteiger partial charge is 0.158 e. The van der Waals surface area contributed by atoms with Crippen LogP contribution in [0.1, 0.15) is 37.5 Å². The highest BCUT2D eigenvalue weighted by atomic mass is 16.3. The third kappa shape index (κ3) is 2.68. The molecular formula is C18H22O3. The van der Waals surface area contributed by atoms with E-state index in [9.17, 15) is 15.3 Å². The molecule has 21 heavy (non-hydrogen) atoms. The molecule has 0 saturated heterocycles. The summed E-state index contributed by atoms with van der Waals surface area (Å²) in [6, 6.07) is 6.67. The van der Waals surface area contributed by atoms with Gasteiger partial charge in [0.1, 0.15) is 5.75 Å². The molecule has 112 valence electrons. The zero-order chi connectivity index (χ0) is 15.6. The third-order valence-electron chi connectivity index (χ3n) is 3.96. The highest BCUT2D eigenvalue weighted by Crippen LogP contribution is 2.39. The van der Waals surface area contributed by atoms with E-state index in [1.54, 1.807) is 12.1 Å². The van der Waals surface area contributed by atoms with Gasteiger partial charge in [-0.1, -0.05) is 26.8 Å². The molecule has 2 aromatic carbocycles. The number of hydrogen-bond acceptors (Lipinski definition) is 3. The van der Waals surface area contributed by atoms with Crippen LogP contribution in [-0.2, 0) is 19.3 Å². The summed E-state index contributed by atoms with van der Waals surface area (Å²) in [5.41, 5.74) is 5.00. The van der Waals surface area contributed by atoms with Gasteiger partial charge in [-0.05, 0) is 59.7 Å². The van der Waals surface area contributed by atoms with Crippen molar-refractivity contribution in [1.82, 2.24) is 0 Å². The summed E-state index contributed by atoms with van der Waals surface area (Å²) in [5, 5.41) is 29.6. The molecule has 0 bridgehead atoms. The molecule has 3 nitrogen and oxygen atoms in total. The van der Waals surface area contributed by atoms with Crippen molar-refractivity contribution in [1.29, 1.82) is 0 Å². The highest BCUT2D eigenvalue weighted by Gasteiger charge is 2.17. The molecule has 0 saturated carbocycles. The van der Waals surface area contributed by atoms with Crippen LogP contribution in [-0.4, -0.2) is 15.3 Å². The molecule has 2 aromatic rings. The predicted octanol–water partition coefficient (Wildman–Crippen LogP) is 4.16. The van der Waals surface area contributed by atoms with Crippen LogP contribution in [0, 0.1) is 0 Å². The van der Waals surface area contributed by atoms with Crippen molar-refractivity contribution in [3.8, 4) is 28.4 Å². The first-order valence-corrected chi connectivity index (χ1v) is 7.42. The van der Waals surface area contributed by atoms with Gasteiger partial charge in [0.25, 0.3) is 0 Å². The van der Waals surface area contributed by atoms with E-state index in [-0.39, 0.29) is 11.5 Å². The molecule has 3 N–H and O–H groups in total. The summed E-state index contributed by atoms with van der Waals surface area (Å²) in [7, 11) is 0. The topological polar surface area (TPSA) is 60.7 Å². The summed E-state index contributed by atoms with van der Waals surface area (Å²) in [4.78, 5) is 0. The maximum Gasteiger partial charge on any atom is 0.158 e. The SMILES string of the molecule is CCc1cc(O)c(CC)c(-c2ccc(O)c(O)c2)c1CC. The van der Waals surface area contributed by atoms with Gasteiger partial charge >= 0.3 is 0 Å². The maximum atomic E-state index is 10.3. The van der Waals surface area contributed by atoms with Crippen LogP contribution in [0.2, 0.25) is 0 Å². The average molecular weight is 286 g/mol. The van der Waals surface area contributed by atoms with Crippen LogP contribution in [0.5, 0.6) is 17.2 Å². The number of aryl methyl sites for hydroxylation is 1. The second kappa shape index (κ2) is 6.08. The molecule has 0 spiro atoms. The Labute approximate surface area is 125 Å². The van der Waals surface area contributed by atoms with Crippen LogP contribution in [0.15, 0.2) is 24.3 Å². The van der Waals surface area contributed by atoms with Crippen molar-refractivity contribution in [3.63, 3.8) is 0 Å². The Bertz CT molecular complexity index is 660. The summed E-state index contributed by atoms with van der Waals surface area (Å²) in [6.45, 7) is 6.16. The molecule has 0 radical (unpaired) electrons. The first kappa shape index (κ1) is 15.2. The van der Waals surface area contributed by atoms with Gasteiger partial charge in [-0.15, -0.1) is 0 Å². The van der Waals surface area contributed by atoms with Crippen molar-refractivity contribution in [2.45, 2.75) is 40.0 Å². The lowest BCUT2D eigenvalue weighted by atomic mass is 9.87. The van der Waals surface area contributed by atoms with Gasteiger partial charge in [-0.25, -0.2) is 0 Å². The van der Waals surface area contributed by atoms with E-state index in [1.165, 1.54) is 11.6 Å². The van der Waals surface area contributed by atoms with Gasteiger partial charge in [0.15, 0.2) is 11.5 Å². The van der Waals surface area contributed by atoms with E-state index < -0.39 is 0 Å². The largest absolute Gasteiger partial charge is 0.508 e. The van der Waals surface area contributed by atoms with Gasteiger partial charge in [0.05, 0.1) is 0 Å². The summed E-state index contributed by atoms with van der Waals surface area (Å²) in [5.74, 6) is 0.0258. The minimum atomic E-state index is -0.141. The molecule has 2 rings (SSSR count). The van der Waals surface area contributed by atoms with Crippen molar-refractivity contribution >= 4 is 0 Å². The molecular weight excluding hydrogens is 264 g/mol. The molecule has 0 aromatic heterocycles. The third-order valence-corrected chi connectivity index (χ3v) is 3.96. The summed E-state index contributed by atoms with van der Waals surface area (Å²) < 4.78 is 0. The fourth-order valence-electron chi connectivity index (χ4n) is 2.91. The minimum absolute atomic E-state index is 0.134. The van der Waals surface area contributed by atoms with Crippen molar-refractivity contribution in [3.05, 3.63) is 41.0 Å². The number of phenols is 3. The summed E-state index contributed by atoms with van der Waals surface area (Å²) >= 11 is 0. The zero-order valence-corrected chi connectivity index (χ0v) is 12.8. The van der Waals surface area contributed by atoms with E-state index in [2.05, 4.69) is 13.8 Å². The Morgan fingerprint density at radius 1 is 0.714 bits per heavy atom. The normalized spacial score (nSPS) is 10.8. The van der Waals surface area contributed by atoms with Crippen LogP contribution in [0.25, 0.3) is 11.1 Å². The van der Waals surface area contributed by atoms with Gasteiger partial charge in [-0.3, -0.25) is 0 Å². The fourth-order valence-corrected chi connectivity index (χ4v) is 2.91. The van der Waals surface area contributed by atoms with Crippen molar-refractivity contribution < 1.29 is 15.3 Å². The molecule has 3 heteroatoms. The molecule has 0 unspecified atom stereocenters. The molecule has 0 aliphatic heterocycles. The molecule has 0 aliphatic carbocycles. The quantitative estimate of drug-likeness (QED) is 0.740. The van der Waals surface area contributed by atoms with Crippen molar-refractivity contribution in [2.75, 3.05) is 0 Å². The maximum absolute atomic E-state index is 10.3. The van der Waals surface area contributed by atoms with E-state index in [1.807, 2.05) is 13.0 Å². The Balaban J connectivity index is 2.80. The first-order valence-electron chi connectivity index (χ1n) is 7.42. The minimum Gasteiger partial charge on any atom is -0.508 e. The van der Waals surface area contributed by atoms with Crippen molar-refractivity contribution in [2.24, 2.45) is 0 Å². The standard InChI is InChI=1S/C18H22O3/c1-4-11-9-16(20)14(6-3)18(13(11)5-2)12-7-8-15(19)17(21)10-12/h7-10,19-21H,4-6H2,1-3H3. The number of phenolic OH excluding ortho intramolecular Hbond substituents is 3. The van der Waals surface area contributed by atoms with Gasteiger partial charge in [-0.2, -0.15) is 0 Å². The van der Waals surface area contributed by atoms with Gasteiger partial charge < -0.3 is 15.3 Å². The lowest BCUT2D eigenvalue weighted by Crippen LogP contribution is -2.00. The Morgan fingerprint density at radius 2 is 1.38 bits per heavy atom. The second-order valence-electron chi connectivity index (χ2n) is 5.15. The number of aromatic hydroxyl groups is 3. The second-order valence-corrected chi connectivity index (χ2v) is 5.15. The van der Waals surface area contributed by atoms with Gasteiger partial charge in [0, 0.05) is 5.56 Å². The predicted molar refractivity (Wildman–Crippen MR) is 85.0 cm³/mol. The molecule has 0 atom stereocenters. The van der Waals surface area contributed by atoms with Gasteiger partial charge in [0.2, 0.25) is 0 Å². The van der Waals surface area contributed by atoms with Crippen LogP contribution in [0.4, 0.5) is 0 Å². The Morgan fingerprint density at radius 3 is 1.90 bits per heavy atom. The fraction of sp³-hybridized carbons (Fsp3) is 0.333. The van der Waals surface area contributed by atoms with E-state index in [0.717, 1.165) is 35.1 Å². The monoisotopic (exact) mass is 286 g/mol. The number of hydrogen-bond donors (Lipinski definition) is 3. The Hall–Kier alpha value is -2.16. The number of rotatable bonds is 4. The first-order chi connectivity index (χ1) is 10.0. The molecule has 0 amide bonds. The van der Waals surface area contributed by atoms with Crippen LogP contribution >= 0.6 is 0 Å². The van der Waals surface area contributed by atoms with E-state index >= 15 is 0 Å². The lowest BCUT2D eigenvalue weighted by Gasteiger charge is -2.19. The lowest BCUT2D eigenvalue weighted by molar-refractivity contribution is 0.404. The molecule has 0 aliphatic rings. The van der Waals surface area contributed by atoms with Crippen LogP contribution < -0.4 is 0 Å². The van der Waals surface area contributed by atoms with Crippen LogP contribution in [0.3, 0.4) is 0 Å². The molecule has 0 heterocycles. The zero-order valence-electron chi connectivity index (χ0n) is 12.8. The van der Waals surface area contributed by atoms with E-state index in [4.69, 9.17) is 0 Å².